The molecule has 0 heterocycles. The largest absolute Gasteiger partial charge is 0.481 e. The van der Waals surface area contributed by atoms with E-state index in [-0.39, 0.29) is 34.7 Å². The maximum atomic E-state index is 12.8. The number of carbonyl (C=O) groups is 2. The predicted molar refractivity (Wildman–Crippen MR) is 180 cm³/mol. The third-order valence-electron chi connectivity index (χ3n) is 13.1. The van der Waals surface area contributed by atoms with Gasteiger partial charge in [-0.2, -0.15) is 0 Å². The summed E-state index contributed by atoms with van der Waals surface area (Å²) in [5, 5.41) is 19.0. The van der Waals surface area contributed by atoms with Crippen LogP contribution in [0.4, 0.5) is 0 Å². The van der Waals surface area contributed by atoms with Crippen LogP contribution >= 0.6 is 21.6 Å². The fourth-order valence-electron chi connectivity index (χ4n) is 10.5. The molecule has 3 saturated carbocycles. The molecule has 0 aromatic rings. The van der Waals surface area contributed by atoms with Gasteiger partial charge in [0.2, 0.25) is 0 Å². The zero-order valence-corrected chi connectivity index (χ0v) is 29.9. The van der Waals surface area contributed by atoms with E-state index in [9.17, 15) is 14.7 Å². The summed E-state index contributed by atoms with van der Waals surface area (Å²) in [6, 6.07) is 0. The highest BCUT2D eigenvalue weighted by molar-refractivity contribution is 8.76. The van der Waals surface area contributed by atoms with Crippen LogP contribution in [0.15, 0.2) is 11.6 Å². The van der Waals surface area contributed by atoms with Crippen molar-refractivity contribution in [3.05, 3.63) is 11.6 Å². The summed E-state index contributed by atoms with van der Waals surface area (Å²) in [6.07, 6.45) is 14.6. The van der Waals surface area contributed by atoms with Crippen molar-refractivity contribution in [1.29, 1.82) is 0 Å². The monoisotopic (exact) mass is 636 g/mol. The van der Waals surface area contributed by atoms with Crippen molar-refractivity contribution in [3.8, 4) is 0 Å². The number of aliphatic hydroxyl groups is 1. The van der Waals surface area contributed by atoms with Crippen LogP contribution in [-0.2, 0) is 14.3 Å². The molecule has 0 amide bonds. The Balaban J connectivity index is 1.41. The zero-order chi connectivity index (χ0) is 31.8. The Hall–Kier alpha value is -0.660. The van der Waals surface area contributed by atoms with E-state index in [0.717, 1.165) is 38.0 Å². The Morgan fingerprint density at radius 3 is 2.35 bits per heavy atom. The number of carboxylic acids is 1. The average Bonchev–Trinajstić information content (AvgIpc) is 3.18. The van der Waals surface area contributed by atoms with Crippen molar-refractivity contribution in [3.63, 3.8) is 0 Å². The zero-order valence-electron chi connectivity index (χ0n) is 28.3. The number of rotatable bonds is 13. The first-order valence-electron chi connectivity index (χ1n) is 17.0. The second-order valence-electron chi connectivity index (χ2n) is 16.5. The minimum absolute atomic E-state index is 0.0530. The smallest absolute Gasteiger partial charge is 0.306 e. The van der Waals surface area contributed by atoms with Gasteiger partial charge in [-0.25, -0.2) is 0 Å². The Bertz CT molecular complexity index is 1050. The Morgan fingerprint density at radius 2 is 1.70 bits per heavy atom. The van der Waals surface area contributed by atoms with Gasteiger partial charge >= 0.3 is 11.9 Å². The number of carboxylic acid groups (broad SMARTS) is 1. The molecule has 3 fully saturated rings. The average molecular weight is 637 g/mol. The van der Waals surface area contributed by atoms with Gasteiger partial charge in [0, 0.05) is 16.9 Å². The minimum atomic E-state index is -0.781. The van der Waals surface area contributed by atoms with Gasteiger partial charge < -0.3 is 14.9 Å². The summed E-state index contributed by atoms with van der Waals surface area (Å²) in [6.45, 7) is 18.8. The molecular formula is C36H60O5S2. The van der Waals surface area contributed by atoms with E-state index in [2.05, 4.69) is 47.6 Å². The van der Waals surface area contributed by atoms with Crippen LogP contribution < -0.4 is 0 Å². The molecular weight excluding hydrogens is 577 g/mol. The van der Waals surface area contributed by atoms with Gasteiger partial charge in [0.25, 0.3) is 0 Å². The van der Waals surface area contributed by atoms with E-state index < -0.39 is 11.6 Å². The first-order chi connectivity index (χ1) is 20.0. The second-order valence-corrected chi connectivity index (χ2v) is 19.2. The highest BCUT2D eigenvalue weighted by Gasteiger charge is 2.65. The molecule has 0 aromatic heterocycles. The minimum Gasteiger partial charge on any atom is -0.481 e. The quantitative estimate of drug-likeness (QED) is 0.0902. The third-order valence-corrected chi connectivity index (χ3v) is 15.5. The van der Waals surface area contributed by atoms with Gasteiger partial charge in [-0.15, -0.1) is 0 Å². The van der Waals surface area contributed by atoms with E-state index in [1.54, 1.807) is 16.4 Å². The van der Waals surface area contributed by atoms with E-state index in [1.165, 1.54) is 42.9 Å². The Labute approximate surface area is 269 Å². The summed E-state index contributed by atoms with van der Waals surface area (Å²) in [5.41, 5.74) is 1.93. The molecule has 4 rings (SSSR count). The van der Waals surface area contributed by atoms with Crippen molar-refractivity contribution in [2.24, 2.45) is 45.3 Å². The van der Waals surface area contributed by atoms with Gasteiger partial charge in [0.1, 0.15) is 6.10 Å². The molecule has 0 bridgehead atoms. The molecule has 0 saturated heterocycles. The van der Waals surface area contributed by atoms with E-state index in [1.807, 2.05) is 13.8 Å². The fraction of sp³-hybridized carbons (Fsp3) is 0.889. The molecule has 4 aliphatic rings. The topological polar surface area (TPSA) is 83.8 Å². The number of carbonyl (C=O) groups excluding carboxylic acids is 1. The number of allylic oxidation sites excluding steroid dienone is 2. The lowest BCUT2D eigenvalue weighted by Crippen LogP contribution is -2.58. The molecule has 246 valence electrons. The lowest BCUT2D eigenvalue weighted by atomic mass is 9.41. The first-order valence-corrected chi connectivity index (χ1v) is 19.5. The van der Waals surface area contributed by atoms with Crippen LogP contribution in [0, 0.1) is 45.3 Å². The van der Waals surface area contributed by atoms with Crippen molar-refractivity contribution >= 4 is 33.5 Å². The maximum absolute atomic E-state index is 12.8. The number of esters is 1. The van der Waals surface area contributed by atoms with E-state index in [4.69, 9.17) is 9.84 Å². The molecule has 5 nitrogen and oxygen atoms in total. The number of hydrogen-bond donors (Lipinski definition) is 2. The lowest BCUT2D eigenvalue weighted by molar-refractivity contribution is -0.176. The third kappa shape index (κ3) is 7.04. The molecule has 2 N–H and O–H groups in total. The summed E-state index contributed by atoms with van der Waals surface area (Å²) >= 11 is 0. The molecule has 7 heteroatoms. The van der Waals surface area contributed by atoms with E-state index >= 15 is 0 Å². The van der Waals surface area contributed by atoms with E-state index in [0.29, 0.717) is 41.1 Å². The molecule has 8 atom stereocenters. The van der Waals surface area contributed by atoms with Crippen LogP contribution in [0.1, 0.15) is 132 Å². The molecule has 43 heavy (non-hydrogen) atoms. The van der Waals surface area contributed by atoms with Crippen LogP contribution in [0.25, 0.3) is 0 Å². The molecule has 2 unspecified atom stereocenters. The van der Waals surface area contributed by atoms with Crippen LogP contribution in [0.2, 0.25) is 0 Å². The molecule has 0 aromatic carbocycles. The maximum Gasteiger partial charge on any atom is 0.306 e. The summed E-state index contributed by atoms with van der Waals surface area (Å²) < 4.78 is 6.19. The van der Waals surface area contributed by atoms with Gasteiger partial charge in [0.15, 0.2) is 0 Å². The highest BCUT2D eigenvalue weighted by atomic mass is 33.1. The number of ether oxygens (including phenoxy) is 1. The number of fused-ring (bicyclic) bond motifs is 5. The summed E-state index contributed by atoms with van der Waals surface area (Å²) in [4.78, 5) is 23.5. The van der Waals surface area contributed by atoms with Gasteiger partial charge in [-0.05, 0) is 105 Å². The number of hydrogen-bond acceptors (Lipinski definition) is 6. The molecule has 0 aliphatic heterocycles. The summed E-state index contributed by atoms with van der Waals surface area (Å²) in [7, 11) is 3.08. The van der Waals surface area contributed by atoms with Gasteiger partial charge in [-0.3, -0.25) is 9.59 Å². The predicted octanol–water partition coefficient (Wildman–Crippen LogP) is 9.33. The van der Waals surface area contributed by atoms with Crippen molar-refractivity contribution in [2.45, 2.75) is 144 Å². The SMILES string of the molecule is C[C@H](CCCC(C)(C)O)[C@H]1CC[C@@]2(C)C3=CC[C@H]4C(C)(C)C(OC(=O)CCSSCCC(=O)O)CC[C@]4(C)C3CC[C@]12C. The Morgan fingerprint density at radius 1 is 1.02 bits per heavy atom. The van der Waals surface area contributed by atoms with Gasteiger partial charge in [-0.1, -0.05) is 87.6 Å². The van der Waals surface area contributed by atoms with Crippen molar-refractivity contribution in [2.75, 3.05) is 11.5 Å². The lowest BCUT2D eigenvalue weighted by Gasteiger charge is -2.64. The molecule has 4 aliphatic carbocycles. The molecule has 0 radical (unpaired) electrons. The van der Waals surface area contributed by atoms with Gasteiger partial charge in [0.05, 0.1) is 18.4 Å². The van der Waals surface area contributed by atoms with Crippen LogP contribution in [0.5, 0.6) is 0 Å². The number of aliphatic carboxylic acids is 1. The Kier molecular flexibility index (Phi) is 10.8. The van der Waals surface area contributed by atoms with Crippen LogP contribution in [0.3, 0.4) is 0 Å². The van der Waals surface area contributed by atoms with Crippen LogP contribution in [-0.4, -0.2) is 45.4 Å². The van der Waals surface area contributed by atoms with Crippen molar-refractivity contribution < 1.29 is 24.5 Å². The standard InChI is InChI=1S/C36H60O5S2/c1-24(10-9-18-32(2,3)40)25-13-20-36(8)27-11-12-28-33(4,5)29(41-31(39)17-23-43-42-22-16-30(37)38)15-19-34(28,6)26(27)14-21-35(25,36)7/h11,24-26,28-29,40H,9-10,12-23H2,1-8H3,(H,37,38)/t24-,25-,26?,28+,29?,34-,35-,36+/m1/s1. The normalized spacial score (nSPS) is 37.5. The highest BCUT2D eigenvalue weighted by Crippen LogP contribution is 2.73. The second kappa shape index (κ2) is 13.2. The van der Waals surface area contributed by atoms with Crippen molar-refractivity contribution in [1.82, 2.24) is 0 Å². The summed E-state index contributed by atoms with van der Waals surface area (Å²) in [5.74, 6) is 2.85. The first kappa shape index (κ1) is 35.2. The molecule has 0 spiro atoms. The fourth-order valence-corrected chi connectivity index (χ4v) is 12.4.